The Morgan fingerprint density at radius 3 is 2.39 bits per heavy atom. The summed E-state index contributed by atoms with van der Waals surface area (Å²) < 4.78 is 47.1. The molecule has 0 aromatic heterocycles. The number of piperidine rings is 1. The Hall–Kier alpha value is -0.180. The number of hydrogen-bond acceptors (Lipinski definition) is 5. The zero-order valence-corrected chi connectivity index (χ0v) is 12.6. The van der Waals surface area contributed by atoms with Gasteiger partial charge in [-0.25, -0.2) is 21.1 Å². The molecule has 1 unspecified atom stereocenters. The third-order valence-corrected chi connectivity index (χ3v) is 6.12. The molecular formula is C10H22N2O4S2. The van der Waals surface area contributed by atoms with E-state index in [0.717, 1.165) is 32.2 Å². The predicted molar refractivity (Wildman–Crippen MR) is 71.7 cm³/mol. The minimum Gasteiger partial charge on any atom is -0.316 e. The summed E-state index contributed by atoms with van der Waals surface area (Å²) in [7, 11) is -5.19. The summed E-state index contributed by atoms with van der Waals surface area (Å²) in [5.74, 6) is -0.331. The lowest BCUT2D eigenvalue weighted by Crippen LogP contribution is -2.40. The fraction of sp³-hybridized carbons (Fsp3) is 1.00. The fourth-order valence-electron chi connectivity index (χ4n) is 1.97. The Kier molecular flexibility index (Phi) is 5.57. The van der Waals surface area contributed by atoms with Gasteiger partial charge >= 0.3 is 0 Å². The SMILES string of the molecule is CN(CC1CCCNC1)S(=O)(=O)CCS(C)(=O)=O. The van der Waals surface area contributed by atoms with Crippen LogP contribution in [0.3, 0.4) is 0 Å². The Labute approximate surface area is 110 Å². The van der Waals surface area contributed by atoms with Crippen molar-refractivity contribution >= 4 is 19.9 Å². The second-order valence-electron chi connectivity index (χ2n) is 4.94. The molecule has 0 bridgehead atoms. The van der Waals surface area contributed by atoms with Crippen LogP contribution in [0.1, 0.15) is 12.8 Å². The van der Waals surface area contributed by atoms with Gasteiger partial charge in [0, 0.05) is 19.8 Å². The van der Waals surface area contributed by atoms with Gasteiger partial charge in [0.25, 0.3) is 0 Å². The van der Waals surface area contributed by atoms with Gasteiger partial charge in [0.15, 0.2) is 0 Å². The van der Waals surface area contributed by atoms with Crippen LogP contribution in [0.2, 0.25) is 0 Å². The number of nitrogens with zero attached hydrogens (tertiary/aromatic N) is 1. The predicted octanol–water partition coefficient (Wildman–Crippen LogP) is -0.708. The molecule has 1 fully saturated rings. The van der Waals surface area contributed by atoms with E-state index in [9.17, 15) is 16.8 Å². The number of nitrogens with one attached hydrogen (secondary N) is 1. The first-order valence-corrected chi connectivity index (χ1v) is 9.70. The van der Waals surface area contributed by atoms with E-state index in [4.69, 9.17) is 0 Å². The van der Waals surface area contributed by atoms with E-state index in [1.807, 2.05) is 0 Å². The molecule has 18 heavy (non-hydrogen) atoms. The highest BCUT2D eigenvalue weighted by Gasteiger charge is 2.24. The van der Waals surface area contributed by atoms with Crippen LogP contribution >= 0.6 is 0 Å². The lowest BCUT2D eigenvalue weighted by Gasteiger charge is -2.27. The van der Waals surface area contributed by atoms with Gasteiger partial charge in [-0.2, -0.15) is 0 Å². The molecule has 0 aromatic rings. The molecular weight excluding hydrogens is 276 g/mol. The third kappa shape index (κ3) is 5.64. The van der Waals surface area contributed by atoms with Crippen LogP contribution in [-0.4, -0.2) is 65.6 Å². The zero-order valence-electron chi connectivity index (χ0n) is 10.9. The smallest absolute Gasteiger partial charge is 0.214 e. The van der Waals surface area contributed by atoms with Crippen molar-refractivity contribution in [2.24, 2.45) is 5.92 Å². The molecule has 1 heterocycles. The summed E-state index contributed by atoms with van der Waals surface area (Å²) in [5, 5.41) is 3.23. The molecule has 1 aliphatic heterocycles. The average molecular weight is 298 g/mol. The van der Waals surface area contributed by atoms with Gasteiger partial charge in [-0.15, -0.1) is 0 Å². The number of sulfone groups is 1. The first-order valence-electron chi connectivity index (χ1n) is 6.03. The van der Waals surface area contributed by atoms with Crippen LogP contribution < -0.4 is 5.32 Å². The van der Waals surface area contributed by atoms with Crippen molar-refractivity contribution in [2.45, 2.75) is 12.8 Å². The maximum absolute atomic E-state index is 11.9. The molecule has 6 nitrogen and oxygen atoms in total. The topological polar surface area (TPSA) is 83.6 Å². The van der Waals surface area contributed by atoms with E-state index in [-0.39, 0.29) is 11.5 Å². The standard InChI is InChI=1S/C10H22N2O4S2/c1-12(9-10-4-3-5-11-8-10)18(15,16)7-6-17(2,13)14/h10-11H,3-9H2,1-2H3. The van der Waals surface area contributed by atoms with Crippen molar-refractivity contribution < 1.29 is 16.8 Å². The van der Waals surface area contributed by atoms with E-state index in [1.165, 1.54) is 11.4 Å². The molecule has 1 N–H and O–H groups in total. The van der Waals surface area contributed by atoms with Crippen molar-refractivity contribution in [3.8, 4) is 0 Å². The molecule has 1 atom stereocenters. The Morgan fingerprint density at radius 2 is 1.89 bits per heavy atom. The van der Waals surface area contributed by atoms with Gasteiger partial charge in [-0.05, 0) is 31.8 Å². The van der Waals surface area contributed by atoms with Crippen molar-refractivity contribution in [1.29, 1.82) is 0 Å². The van der Waals surface area contributed by atoms with E-state index in [0.29, 0.717) is 12.5 Å². The van der Waals surface area contributed by atoms with Gasteiger partial charge < -0.3 is 5.32 Å². The highest BCUT2D eigenvalue weighted by atomic mass is 32.2. The Morgan fingerprint density at radius 1 is 1.22 bits per heavy atom. The number of sulfonamides is 1. The molecule has 108 valence electrons. The molecule has 1 aliphatic rings. The maximum atomic E-state index is 11.9. The highest BCUT2D eigenvalue weighted by molar-refractivity contribution is 7.93. The van der Waals surface area contributed by atoms with E-state index < -0.39 is 19.9 Å². The van der Waals surface area contributed by atoms with Gasteiger partial charge in [0.05, 0.1) is 11.5 Å². The second-order valence-corrected chi connectivity index (χ2v) is 9.39. The van der Waals surface area contributed by atoms with E-state index >= 15 is 0 Å². The average Bonchev–Trinajstić information content (AvgIpc) is 2.27. The fourth-order valence-corrected chi connectivity index (χ4v) is 4.77. The molecule has 8 heteroatoms. The summed E-state index contributed by atoms with van der Waals surface area (Å²) in [4.78, 5) is 0. The monoisotopic (exact) mass is 298 g/mol. The first-order chi connectivity index (χ1) is 8.21. The molecule has 0 saturated carbocycles. The van der Waals surface area contributed by atoms with Crippen LogP contribution in [0, 0.1) is 5.92 Å². The summed E-state index contributed by atoms with van der Waals surface area (Å²) in [6, 6.07) is 0. The zero-order chi connectivity index (χ0) is 13.8. The van der Waals surface area contributed by atoms with E-state index in [2.05, 4.69) is 5.32 Å². The number of rotatable bonds is 6. The van der Waals surface area contributed by atoms with Crippen molar-refractivity contribution in [2.75, 3.05) is 44.4 Å². The molecule has 0 aromatic carbocycles. The van der Waals surface area contributed by atoms with Crippen LogP contribution in [0.5, 0.6) is 0 Å². The molecule has 1 saturated heterocycles. The van der Waals surface area contributed by atoms with Crippen LogP contribution in [0.25, 0.3) is 0 Å². The third-order valence-electron chi connectivity index (χ3n) is 3.10. The van der Waals surface area contributed by atoms with Crippen LogP contribution in [-0.2, 0) is 19.9 Å². The minimum atomic E-state index is -3.47. The highest BCUT2D eigenvalue weighted by Crippen LogP contribution is 2.13. The van der Waals surface area contributed by atoms with Crippen LogP contribution in [0.4, 0.5) is 0 Å². The van der Waals surface area contributed by atoms with Gasteiger partial charge in [0.1, 0.15) is 9.84 Å². The van der Waals surface area contributed by atoms with Gasteiger partial charge in [-0.3, -0.25) is 0 Å². The first kappa shape index (κ1) is 15.9. The summed E-state index contributed by atoms with van der Waals surface area (Å²) >= 11 is 0. The van der Waals surface area contributed by atoms with Gasteiger partial charge in [-0.1, -0.05) is 0 Å². The Bertz CT molecular complexity index is 452. The normalized spacial score (nSPS) is 22.3. The molecule has 0 amide bonds. The largest absolute Gasteiger partial charge is 0.316 e. The lowest BCUT2D eigenvalue weighted by molar-refractivity contribution is 0.315. The lowest BCUT2D eigenvalue weighted by atomic mass is 10.00. The van der Waals surface area contributed by atoms with Gasteiger partial charge in [0.2, 0.25) is 10.0 Å². The van der Waals surface area contributed by atoms with E-state index in [1.54, 1.807) is 0 Å². The van der Waals surface area contributed by atoms with Crippen molar-refractivity contribution in [3.05, 3.63) is 0 Å². The molecule has 0 aliphatic carbocycles. The molecule has 0 radical (unpaired) electrons. The van der Waals surface area contributed by atoms with Crippen molar-refractivity contribution in [1.82, 2.24) is 9.62 Å². The Balaban J connectivity index is 2.50. The summed E-state index contributed by atoms with van der Waals surface area (Å²) in [6.07, 6.45) is 3.12. The van der Waals surface area contributed by atoms with Crippen molar-refractivity contribution in [3.63, 3.8) is 0 Å². The summed E-state index contributed by atoms with van der Waals surface area (Å²) in [6.45, 7) is 2.27. The molecule has 1 rings (SSSR count). The second kappa shape index (κ2) is 6.31. The maximum Gasteiger partial charge on any atom is 0.214 e. The molecule has 0 spiro atoms. The minimum absolute atomic E-state index is 0.316. The summed E-state index contributed by atoms with van der Waals surface area (Å²) in [5.41, 5.74) is 0. The number of hydrogen-bond donors (Lipinski definition) is 1. The quantitative estimate of drug-likeness (QED) is 0.700. The van der Waals surface area contributed by atoms with Crippen LogP contribution in [0.15, 0.2) is 0 Å².